The molecule has 0 radical (unpaired) electrons. The monoisotopic (exact) mass is 263 g/mol. The van der Waals surface area contributed by atoms with Crippen molar-refractivity contribution in [1.82, 2.24) is 10.2 Å². The van der Waals surface area contributed by atoms with Crippen molar-refractivity contribution in [3.05, 3.63) is 22.4 Å². The summed E-state index contributed by atoms with van der Waals surface area (Å²) in [5.74, 6) is 1.12. The molecule has 3 rings (SSSR count). The third-order valence-electron chi connectivity index (χ3n) is 3.55. The lowest BCUT2D eigenvalue weighted by Crippen LogP contribution is -2.49. The number of hydrogen-bond acceptors (Lipinski definition) is 4. The Hall–Kier alpha value is -1.03. The molecule has 0 aromatic carbocycles. The number of thiophene rings is 1. The molecule has 4 heteroatoms. The lowest BCUT2D eigenvalue weighted by atomic mass is 9.93. The predicted molar refractivity (Wildman–Crippen MR) is 77.0 cm³/mol. The molecule has 0 saturated heterocycles. The van der Waals surface area contributed by atoms with E-state index < -0.39 is 0 Å². The zero-order chi connectivity index (χ0) is 12.6. The molecule has 2 aliphatic rings. The Labute approximate surface area is 113 Å². The van der Waals surface area contributed by atoms with Gasteiger partial charge in [0.1, 0.15) is 0 Å². The van der Waals surface area contributed by atoms with Gasteiger partial charge in [-0.3, -0.25) is 4.99 Å². The summed E-state index contributed by atoms with van der Waals surface area (Å²) in [5.41, 5.74) is 0.293. The molecule has 1 fully saturated rings. The predicted octanol–water partition coefficient (Wildman–Crippen LogP) is 2.70. The number of nitrogens with zero attached hydrogens (tertiary/aromatic N) is 2. The smallest absolute Gasteiger partial charge is 0.194 e. The molecule has 0 unspecified atom stereocenters. The van der Waals surface area contributed by atoms with Crippen molar-refractivity contribution in [1.29, 1.82) is 0 Å². The maximum atomic E-state index is 4.76. The Morgan fingerprint density at radius 3 is 2.89 bits per heavy atom. The van der Waals surface area contributed by atoms with Crippen molar-refractivity contribution < 1.29 is 0 Å². The van der Waals surface area contributed by atoms with Crippen LogP contribution in [0.25, 0.3) is 0 Å². The van der Waals surface area contributed by atoms with Crippen molar-refractivity contribution in [3.63, 3.8) is 0 Å². The van der Waals surface area contributed by atoms with Crippen LogP contribution in [0.2, 0.25) is 0 Å². The molecule has 0 amide bonds. The van der Waals surface area contributed by atoms with E-state index >= 15 is 0 Å². The van der Waals surface area contributed by atoms with Crippen LogP contribution in [0.1, 0.15) is 31.6 Å². The normalized spacial score (nSPS) is 22.2. The van der Waals surface area contributed by atoms with Gasteiger partial charge in [-0.15, -0.1) is 11.3 Å². The van der Waals surface area contributed by atoms with Crippen LogP contribution in [0.3, 0.4) is 0 Å². The second-order valence-electron chi connectivity index (χ2n) is 6.10. The van der Waals surface area contributed by atoms with Gasteiger partial charge in [-0.05, 0) is 24.3 Å². The first kappa shape index (κ1) is 12.0. The SMILES string of the molecule is CC1(C)CN=C(N(Cc2cccs2)C2CC2)NC1. The van der Waals surface area contributed by atoms with Gasteiger partial charge in [0.2, 0.25) is 0 Å². The van der Waals surface area contributed by atoms with Crippen molar-refractivity contribution in [2.24, 2.45) is 10.4 Å². The molecule has 1 saturated carbocycles. The Kier molecular flexibility index (Phi) is 3.06. The largest absolute Gasteiger partial charge is 0.356 e. The molecule has 1 aromatic rings. The summed E-state index contributed by atoms with van der Waals surface area (Å²) < 4.78 is 0. The number of guanidine groups is 1. The Morgan fingerprint density at radius 1 is 1.50 bits per heavy atom. The van der Waals surface area contributed by atoms with E-state index in [1.165, 1.54) is 17.7 Å². The van der Waals surface area contributed by atoms with Gasteiger partial charge in [0, 0.05) is 29.4 Å². The van der Waals surface area contributed by atoms with Crippen molar-refractivity contribution in [2.75, 3.05) is 13.1 Å². The summed E-state index contributed by atoms with van der Waals surface area (Å²) in [7, 11) is 0. The highest BCUT2D eigenvalue weighted by molar-refractivity contribution is 7.09. The number of nitrogens with one attached hydrogen (secondary N) is 1. The molecule has 1 aliphatic heterocycles. The van der Waals surface area contributed by atoms with Gasteiger partial charge in [0.15, 0.2) is 5.96 Å². The van der Waals surface area contributed by atoms with Crippen LogP contribution in [-0.4, -0.2) is 30.0 Å². The lowest BCUT2D eigenvalue weighted by Gasteiger charge is -2.34. The first-order valence-corrected chi connectivity index (χ1v) is 7.59. The highest BCUT2D eigenvalue weighted by Gasteiger charge is 2.34. The standard InChI is InChI=1S/C14H21N3S/c1-14(2)9-15-13(16-10-14)17(11-5-6-11)8-12-4-3-7-18-12/h3-4,7,11H,5-6,8-10H2,1-2H3,(H,15,16). The Balaban J connectivity index is 1.72. The molecule has 0 bridgehead atoms. The van der Waals surface area contributed by atoms with E-state index in [9.17, 15) is 0 Å². The highest BCUT2D eigenvalue weighted by atomic mass is 32.1. The fourth-order valence-electron chi connectivity index (χ4n) is 2.24. The van der Waals surface area contributed by atoms with Crippen LogP contribution < -0.4 is 5.32 Å². The van der Waals surface area contributed by atoms with Crippen LogP contribution >= 0.6 is 11.3 Å². The second kappa shape index (κ2) is 4.57. The van der Waals surface area contributed by atoms with Gasteiger partial charge in [0.25, 0.3) is 0 Å². The summed E-state index contributed by atoms with van der Waals surface area (Å²) in [4.78, 5) is 8.65. The molecule has 3 nitrogen and oxygen atoms in total. The molecular formula is C14H21N3S. The van der Waals surface area contributed by atoms with Gasteiger partial charge in [0.05, 0.1) is 6.54 Å². The van der Waals surface area contributed by atoms with E-state index in [4.69, 9.17) is 4.99 Å². The first-order chi connectivity index (χ1) is 8.64. The molecular weight excluding hydrogens is 242 g/mol. The Bertz CT molecular complexity index is 432. The van der Waals surface area contributed by atoms with Crippen molar-refractivity contribution >= 4 is 17.3 Å². The number of aliphatic imine (C=N–C) groups is 1. The average molecular weight is 263 g/mol. The highest BCUT2D eigenvalue weighted by Crippen LogP contribution is 2.30. The van der Waals surface area contributed by atoms with Gasteiger partial charge in [-0.2, -0.15) is 0 Å². The van der Waals surface area contributed by atoms with E-state index in [0.29, 0.717) is 11.5 Å². The summed E-state index contributed by atoms with van der Waals surface area (Å²) in [6, 6.07) is 5.05. The van der Waals surface area contributed by atoms with Crippen LogP contribution in [0.4, 0.5) is 0 Å². The number of hydrogen-bond donors (Lipinski definition) is 1. The van der Waals surface area contributed by atoms with Crippen LogP contribution in [0.5, 0.6) is 0 Å². The van der Waals surface area contributed by atoms with E-state index in [2.05, 4.69) is 41.6 Å². The molecule has 0 atom stereocenters. The van der Waals surface area contributed by atoms with Crippen LogP contribution in [0, 0.1) is 5.41 Å². The molecule has 98 valence electrons. The zero-order valence-corrected chi connectivity index (χ0v) is 12.0. The van der Waals surface area contributed by atoms with Gasteiger partial charge < -0.3 is 10.2 Å². The summed E-state index contributed by atoms with van der Waals surface area (Å²) >= 11 is 1.84. The van der Waals surface area contributed by atoms with Crippen molar-refractivity contribution in [3.8, 4) is 0 Å². The second-order valence-corrected chi connectivity index (χ2v) is 7.13. The van der Waals surface area contributed by atoms with Gasteiger partial charge in [-0.1, -0.05) is 19.9 Å². The summed E-state index contributed by atoms with van der Waals surface area (Å²) in [6.07, 6.45) is 2.63. The quantitative estimate of drug-likeness (QED) is 0.908. The van der Waals surface area contributed by atoms with Gasteiger partial charge >= 0.3 is 0 Å². The fourth-order valence-corrected chi connectivity index (χ4v) is 2.95. The van der Waals surface area contributed by atoms with E-state index in [1.807, 2.05) is 11.3 Å². The molecule has 0 spiro atoms. The third-order valence-corrected chi connectivity index (χ3v) is 4.41. The van der Waals surface area contributed by atoms with Crippen LogP contribution in [0.15, 0.2) is 22.5 Å². The average Bonchev–Trinajstić information content (AvgIpc) is 3.05. The fraction of sp³-hybridized carbons (Fsp3) is 0.643. The molecule has 1 aromatic heterocycles. The van der Waals surface area contributed by atoms with E-state index in [0.717, 1.165) is 25.6 Å². The van der Waals surface area contributed by atoms with Crippen molar-refractivity contribution in [2.45, 2.75) is 39.3 Å². The Morgan fingerprint density at radius 2 is 2.33 bits per heavy atom. The molecule has 2 heterocycles. The third kappa shape index (κ3) is 2.69. The minimum Gasteiger partial charge on any atom is -0.356 e. The number of rotatable bonds is 3. The summed E-state index contributed by atoms with van der Waals surface area (Å²) in [5, 5.41) is 5.68. The van der Waals surface area contributed by atoms with Crippen LogP contribution in [-0.2, 0) is 6.54 Å². The zero-order valence-electron chi connectivity index (χ0n) is 11.1. The van der Waals surface area contributed by atoms with E-state index in [-0.39, 0.29) is 0 Å². The molecule has 1 aliphatic carbocycles. The molecule has 1 N–H and O–H groups in total. The molecule has 18 heavy (non-hydrogen) atoms. The topological polar surface area (TPSA) is 27.6 Å². The minimum absolute atomic E-state index is 0.293. The lowest BCUT2D eigenvalue weighted by molar-refractivity contribution is 0.319. The minimum atomic E-state index is 0.293. The first-order valence-electron chi connectivity index (χ1n) is 6.71. The van der Waals surface area contributed by atoms with E-state index in [1.54, 1.807) is 0 Å². The maximum absolute atomic E-state index is 4.76. The summed E-state index contributed by atoms with van der Waals surface area (Å²) in [6.45, 7) is 7.50. The maximum Gasteiger partial charge on any atom is 0.194 e. The van der Waals surface area contributed by atoms with Gasteiger partial charge in [-0.25, -0.2) is 0 Å².